The number of guanidine groups is 1. The molecule has 5 rings (SSSR count). The standard InChI is InChI=1S/C22H16N4OS/c27-19-22(15-9-3-1-4-10-15,16-11-5-2-6-12-16)26-20(24-19)25-21-23-17-13-7-8-14-18(17)28-21/h1-14H,(H2,23,24,25,26,27). The Labute approximate surface area is 165 Å². The molecule has 136 valence electrons. The molecule has 2 N–H and O–H groups in total. The van der Waals surface area contributed by atoms with E-state index in [1.807, 2.05) is 84.9 Å². The molecule has 0 saturated carbocycles. The lowest BCUT2D eigenvalue weighted by atomic mass is 9.83. The van der Waals surface area contributed by atoms with Crippen LogP contribution in [-0.4, -0.2) is 16.9 Å². The molecule has 1 aromatic heterocycles. The van der Waals surface area contributed by atoms with Crippen LogP contribution in [0.3, 0.4) is 0 Å². The first-order valence-corrected chi connectivity index (χ1v) is 9.72. The van der Waals surface area contributed by atoms with Gasteiger partial charge in [-0.15, -0.1) is 0 Å². The van der Waals surface area contributed by atoms with Crippen LogP contribution in [-0.2, 0) is 10.3 Å². The van der Waals surface area contributed by atoms with Gasteiger partial charge in [-0.2, -0.15) is 4.99 Å². The van der Waals surface area contributed by atoms with Gasteiger partial charge in [-0.1, -0.05) is 84.1 Å². The van der Waals surface area contributed by atoms with Crippen molar-refractivity contribution >= 4 is 38.6 Å². The third-order valence-corrected chi connectivity index (χ3v) is 5.71. The van der Waals surface area contributed by atoms with Crippen molar-refractivity contribution in [1.29, 1.82) is 0 Å². The second kappa shape index (κ2) is 6.58. The minimum atomic E-state index is -1.03. The quantitative estimate of drug-likeness (QED) is 0.562. The first-order chi connectivity index (χ1) is 13.8. The Morgan fingerprint density at radius 2 is 1.43 bits per heavy atom. The van der Waals surface area contributed by atoms with Crippen molar-refractivity contribution in [1.82, 2.24) is 15.6 Å². The fourth-order valence-electron chi connectivity index (χ4n) is 3.48. The molecular weight excluding hydrogens is 368 g/mol. The van der Waals surface area contributed by atoms with Gasteiger partial charge in [0.1, 0.15) is 0 Å². The number of carbonyl (C=O) groups is 1. The normalized spacial score (nSPS) is 16.9. The Kier molecular flexibility index (Phi) is 3.91. The van der Waals surface area contributed by atoms with Crippen LogP contribution < -0.4 is 10.6 Å². The Morgan fingerprint density at radius 1 is 0.821 bits per heavy atom. The summed E-state index contributed by atoms with van der Waals surface area (Å²) >= 11 is 1.49. The van der Waals surface area contributed by atoms with Crippen LogP contribution in [0, 0.1) is 0 Å². The topological polar surface area (TPSA) is 66.4 Å². The third-order valence-electron chi connectivity index (χ3n) is 4.78. The molecule has 1 amide bonds. The molecule has 0 radical (unpaired) electrons. The number of benzene rings is 3. The summed E-state index contributed by atoms with van der Waals surface area (Å²) in [4.78, 5) is 22.3. The van der Waals surface area contributed by atoms with Gasteiger partial charge in [0.25, 0.3) is 5.91 Å². The molecule has 1 fully saturated rings. The minimum Gasteiger partial charge on any atom is -0.334 e. The number of rotatable bonds is 3. The maximum Gasteiger partial charge on any atom is 0.261 e. The molecule has 1 aliphatic heterocycles. The highest BCUT2D eigenvalue weighted by molar-refractivity contribution is 7.22. The van der Waals surface area contributed by atoms with Gasteiger partial charge in [-0.3, -0.25) is 10.1 Å². The van der Waals surface area contributed by atoms with Crippen LogP contribution in [0.25, 0.3) is 10.2 Å². The minimum absolute atomic E-state index is 0.162. The van der Waals surface area contributed by atoms with E-state index in [0.717, 1.165) is 21.3 Å². The summed E-state index contributed by atoms with van der Waals surface area (Å²) in [7, 11) is 0. The van der Waals surface area contributed by atoms with Crippen molar-refractivity contribution in [3.63, 3.8) is 0 Å². The monoisotopic (exact) mass is 384 g/mol. The smallest absolute Gasteiger partial charge is 0.261 e. The van der Waals surface area contributed by atoms with E-state index in [-0.39, 0.29) is 5.91 Å². The van der Waals surface area contributed by atoms with Crippen LogP contribution in [0.15, 0.2) is 89.9 Å². The van der Waals surface area contributed by atoms with E-state index in [9.17, 15) is 4.79 Å². The molecule has 1 saturated heterocycles. The molecule has 1 aliphatic rings. The predicted molar refractivity (Wildman–Crippen MR) is 112 cm³/mol. The highest BCUT2D eigenvalue weighted by Gasteiger charge is 2.48. The predicted octanol–water partition coefficient (Wildman–Crippen LogP) is 3.95. The van der Waals surface area contributed by atoms with E-state index in [0.29, 0.717) is 11.1 Å². The molecule has 2 heterocycles. The van der Waals surface area contributed by atoms with Crippen molar-refractivity contribution in [2.75, 3.05) is 0 Å². The lowest BCUT2D eigenvalue weighted by Gasteiger charge is -2.27. The Balaban J connectivity index is 1.60. The molecule has 0 unspecified atom stereocenters. The van der Waals surface area contributed by atoms with Gasteiger partial charge in [0.05, 0.1) is 10.2 Å². The molecule has 28 heavy (non-hydrogen) atoms. The summed E-state index contributed by atoms with van der Waals surface area (Å²) in [5, 5.41) is 6.83. The zero-order valence-corrected chi connectivity index (χ0v) is 15.6. The van der Waals surface area contributed by atoms with E-state index in [1.165, 1.54) is 11.3 Å². The molecule has 4 aromatic rings. The second-order valence-electron chi connectivity index (χ2n) is 6.49. The van der Waals surface area contributed by atoms with Gasteiger partial charge in [0.15, 0.2) is 5.54 Å². The highest BCUT2D eigenvalue weighted by Crippen LogP contribution is 2.34. The summed E-state index contributed by atoms with van der Waals surface area (Å²) in [6, 6.07) is 27.2. The van der Waals surface area contributed by atoms with Crippen molar-refractivity contribution < 1.29 is 4.79 Å². The maximum absolute atomic E-state index is 13.2. The fraction of sp³-hybridized carbons (Fsp3) is 0.0455. The number of hydrogen-bond donors (Lipinski definition) is 2. The van der Waals surface area contributed by atoms with Gasteiger partial charge in [-0.25, -0.2) is 4.98 Å². The lowest BCUT2D eigenvalue weighted by molar-refractivity contribution is -0.122. The van der Waals surface area contributed by atoms with Crippen molar-refractivity contribution in [2.45, 2.75) is 5.54 Å². The summed E-state index contributed by atoms with van der Waals surface area (Å²) in [6.45, 7) is 0. The summed E-state index contributed by atoms with van der Waals surface area (Å²) < 4.78 is 1.06. The fourth-order valence-corrected chi connectivity index (χ4v) is 4.32. The first kappa shape index (κ1) is 16.6. The summed E-state index contributed by atoms with van der Waals surface area (Å²) in [5.41, 5.74) is 1.58. The number of thiazole rings is 1. The van der Waals surface area contributed by atoms with Gasteiger partial charge in [-0.05, 0) is 23.3 Å². The Hall–Kier alpha value is -3.51. The van der Waals surface area contributed by atoms with Crippen LogP contribution >= 0.6 is 11.3 Å². The van der Waals surface area contributed by atoms with Gasteiger partial charge >= 0.3 is 0 Å². The zero-order chi connectivity index (χ0) is 19.0. The van der Waals surface area contributed by atoms with E-state index in [2.05, 4.69) is 20.6 Å². The average molecular weight is 384 g/mol. The Morgan fingerprint density at radius 3 is 2.07 bits per heavy atom. The van der Waals surface area contributed by atoms with E-state index in [1.54, 1.807) is 0 Å². The van der Waals surface area contributed by atoms with Crippen LogP contribution in [0.5, 0.6) is 0 Å². The maximum atomic E-state index is 13.2. The van der Waals surface area contributed by atoms with Gasteiger partial charge in [0.2, 0.25) is 11.1 Å². The van der Waals surface area contributed by atoms with Crippen LogP contribution in [0.4, 0.5) is 5.13 Å². The molecule has 0 bridgehead atoms. The van der Waals surface area contributed by atoms with Crippen molar-refractivity contribution in [3.8, 4) is 0 Å². The number of carbonyl (C=O) groups excluding carboxylic acids is 1. The van der Waals surface area contributed by atoms with Crippen molar-refractivity contribution in [2.24, 2.45) is 4.99 Å². The molecule has 3 aromatic carbocycles. The number of aliphatic imine (C=N–C) groups is 1. The molecule has 0 aliphatic carbocycles. The molecular formula is C22H16N4OS. The zero-order valence-electron chi connectivity index (χ0n) is 14.8. The number of nitrogens with zero attached hydrogens (tertiary/aromatic N) is 2. The summed E-state index contributed by atoms with van der Waals surface area (Å²) in [5.74, 6) is 0.238. The van der Waals surface area contributed by atoms with Crippen LogP contribution in [0.1, 0.15) is 11.1 Å². The number of nitrogens with one attached hydrogen (secondary N) is 2. The third kappa shape index (κ3) is 2.66. The Bertz CT molecular complexity index is 1110. The number of amides is 1. The number of hydrogen-bond acceptors (Lipinski definition) is 4. The van der Waals surface area contributed by atoms with E-state index >= 15 is 0 Å². The van der Waals surface area contributed by atoms with Crippen LogP contribution in [0.2, 0.25) is 0 Å². The molecule has 0 atom stereocenters. The second-order valence-corrected chi connectivity index (χ2v) is 7.49. The molecule has 0 spiro atoms. The van der Waals surface area contributed by atoms with Crippen molar-refractivity contribution in [3.05, 3.63) is 96.1 Å². The highest BCUT2D eigenvalue weighted by atomic mass is 32.1. The number of aromatic nitrogens is 1. The summed E-state index contributed by atoms with van der Waals surface area (Å²) in [6.07, 6.45) is 0. The molecule has 6 heteroatoms. The van der Waals surface area contributed by atoms with E-state index < -0.39 is 5.54 Å². The number of fused-ring (bicyclic) bond motifs is 1. The SMILES string of the molecule is O=C1NC(=Nc2nc3ccccc3s2)NC1(c1ccccc1)c1ccccc1. The first-order valence-electron chi connectivity index (χ1n) is 8.91. The van der Waals surface area contributed by atoms with Gasteiger partial charge < -0.3 is 5.32 Å². The average Bonchev–Trinajstić information content (AvgIpc) is 3.30. The molecule has 5 nitrogen and oxygen atoms in total. The largest absolute Gasteiger partial charge is 0.334 e. The lowest BCUT2D eigenvalue weighted by Crippen LogP contribution is -2.44. The van der Waals surface area contributed by atoms with E-state index in [4.69, 9.17) is 0 Å². The van der Waals surface area contributed by atoms with Gasteiger partial charge in [0, 0.05) is 0 Å². The number of para-hydroxylation sites is 1.